The summed E-state index contributed by atoms with van der Waals surface area (Å²) in [5, 5.41) is 0. The Labute approximate surface area is 110 Å². The van der Waals surface area contributed by atoms with Gasteiger partial charge in [0.15, 0.2) is 0 Å². The number of hydrogen-bond acceptors (Lipinski definition) is 3. The summed E-state index contributed by atoms with van der Waals surface area (Å²) in [6, 6.07) is 7.05. The van der Waals surface area contributed by atoms with Gasteiger partial charge >= 0.3 is 0 Å². The molecule has 3 rings (SSSR count). The third-order valence-electron chi connectivity index (χ3n) is 4.38. The maximum Gasteiger partial charge on any atom is 0.0397 e. The summed E-state index contributed by atoms with van der Waals surface area (Å²) in [5.41, 5.74) is 9.36. The van der Waals surface area contributed by atoms with Gasteiger partial charge in [0.05, 0.1) is 0 Å². The SMILES string of the molecule is Cc1cc(N)ccc1N1CCC(N2CCCC2)C1. The van der Waals surface area contributed by atoms with Crippen molar-refractivity contribution in [2.24, 2.45) is 0 Å². The van der Waals surface area contributed by atoms with Crippen LogP contribution in [0.15, 0.2) is 18.2 Å². The molecule has 0 amide bonds. The van der Waals surface area contributed by atoms with Crippen LogP contribution in [0.3, 0.4) is 0 Å². The van der Waals surface area contributed by atoms with Crippen LogP contribution in [-0.4, -0.2) is 37.1 Å². The predicted octanol–water partition coefficient (Wildman–Crippen LogP) is 2.25. The number of nitrogen functional groups attached to an aromatic ring is 1. The summed E-state index contributed by atoms with van der Waals surface area (Å²) < 4.78 is 0. The van der Waals surface area contributed by atoms with Crippen molar-refractivity contribution in [2.45, 2.75) is 32.2 Å². The zero-order chi connectivity index (χ0) is 12.5. The molecule has 3 heteroatoms. The van der Waals surface area contributed by atoms with E-state index < -0.39 is 0 Å². The summed E-state index contributed by atoms with van der Waals surface area (Å²) in [4.78, 5) is 5.20. The molecule has 0 saturated carbocycles. The van der Waals surface area contributed by atoms with Crippen LogP contribution in [0.4, 0.5) is 11.4 Å². The smallest absolute Gasteiger partial charge is 0.0397 e. The average molecular weight is 245 g/mol. The molecule has 0 spiro atoms. The number of aryl methyl sites for hydroxylation is 1. The second-order valence-corrected chi connectivity index (χ2v) is 5.68. The highest BCUT2D eigenvalue weighted by Gasteiger charge is 2.29. The third kappa shape index (κ3) is 2.19. The molecule has 2 aliphatic rings. The number of benzene rings is 1. The van der Waals surface area contributed by atoms with Gasteiger partial charge in [0.25, 0.3) is 0 Å². The molecule has 1 unspecified atom stereocenters. The molecule has 1 atom stereocenters. The van der Waals surface area contributed by atoms with Crippen LogP contribution in [0.5, 0.6) is 0 Å². The van der Waals surface area contributed by atoms with Crippen molar-refractivity contribution < 1.29 is 0 Å². The summed E-state index contributed by atoms with van der Waals surface area (Å²) in [7, 11) is 0. The highest BCUT2D eigenvalue weighted by molar-refractivity contribution is 5.59. The fourth-order valence-corrected chi connectivity index (χ4v) is 3.40. The Morgan fingerprint density at radius 3 is 2.67 bits per heavy atom. The predicted molar refractivity (Wildman–Crippen MR) is 77.0 cm³/mol. The fourth-order valence-electron chi connectivity index (χ4n) is 3.40. The molecule has 2 heterocycles. The highest BCUT2D eigenvalue weighted by atomic mass is 15.3. The van der Waals surface area contributed by atoms with E-state index in [9.17, 15) is 0 Å². The molecule has 0 aliphatic carbocycles. The maximum absolute atomic E-state index is 5.83. The molecule has 2 saturated heterocycles. The summed E-state index contributed by atoms with van der Waals surface area (Å²) in [5.74, 6) is 0. The fraction of sp³-hybridized carbons (Fsp3) is 0.600. The largest absolute Gasteiger partial charge is 0.399 e. The lowest BCUT2D eigenvalue weighted by Crippen LogP contribution is -2.35. The van der Waals surface area contributed by atoms with Crippen LogP contribution in [0.1, 0.15) is 24.8 Å². The Morgan fingerprint density at radius 2 is 1.94 bits per heavy atom. The molecule has 2 fully saturated rings. The number of anilines is 2. The van der Waals surface area contributed by atoms with Crippen LogP contribution < -0.4 is 10.6 Å². The van der Waals surface area contributed by atoms with Crippen molar-refractivity contribution >= 4 is 11.4 Å². The molecule has 0 aromatic heterocycles. The normalized spacial score (nSPS) is 24.9. The molecule has 0 radical (unpaired) electrons. The van der Waals surface area contributed by atoms with E-state index in [1.54, 1.807) is 0 Å². The summed E-state index contributed by atoms with van der Waals surface area (Å²) in [6.45, 7) is 7.14. The van der Waals surface area contributed by atoms with Crippen molar-refractivity contribution in [3.8, 4) is 0 Å². The van der Waals surface area contributed by atoms with E-state index in [-0.39, 0.29) is 0 Å². The van der Waals surface area contributed by atoms with Gasteiger partial charge in [-0.2, -0.15) is 0 Å². The van der Waals surface area contributed by atoms with E-state index in [0.29, 0.717) is 0 Å². The van der Waals surface area contributed by atoms with Gasteiger partial charge < -0.3 is 10.6 Å². The first-order valence-electron chi connectivity index (χ1n) is 7.09. The second-order valence-electron chi connectivity index (χ2n) is 5.68. The quantitative estimate of drug-likeness (QED) is 0.811. The van der Waals surface area contributed by atoms with Gasteiger partial charge in [0.2, 0.25) is 0 Å². The van der Waals surface area contributed by atoms with E-state index in [1.807, 2.05) is 6.07 Å². The van der Waals surface area contributed by atoms with Gasteiger partial charge in [-0.3, -0.25) is 4.90 Å². The minimum atomic E-state index is 0.768. The minimum Gasteiger partial charge on any atom is -0.399 e. The Bertz CT molecular complexity index is 424. The molecule has 1 aromatic rings. The Hall–Kier alpha value is -1.22. The van der Waals surface area contributed by atoms with Crippen LogP contribution in [0, 0.1) is 6.92 Å². The van der Waals surface area contributed by atoms with E-state index in [0.717, 1.165) is 11.7 Å². The van der Waals surface area contributed by atoms with Crippen molar-refractivity contribution in [1.82, 2.24) is 4.90 Å². The van der Waals surface area contributed by atoms with Crippen molar-refractivity contribution in [2.75, 3.05) is 36.8 Å². The number of rotatable bonds is 2. The van der Waals surface area contributed by atoms with Gasteiger partial charge in [-0.15, -0.1) is 0 Å². The average Bonchev–Trinajstić information content (AvgIpc) is 2.99. The van der Waals surface area contributed by atoms with Crippen LogP contribution in [-0.2, 0) is 0 Å². The number of likely N-dealkylation sites (tertiary alicyclic amines) is 1. The first-order chi connectivity index (χ1) is 8.74. The molecule has 2 aliphatic heterocycles. The van der Waals surface area contributed by atoms with Crippen LogP contribution in [0.2, 0.25) is 0 Å². The first kappa shape index (κ1) is 11.8. The van der Waals surface area contributed by atoms with Gasteiger partial charge in [-0.05, 0) is 63.0 Å². The van der Waals surface area contributed by atoms with E-state index in [2.05, 4.69) is 28.9 Å². The monoisotopic (exact) mass is 245 g/mol. The molecular formula is C15H23N3. The molecule has 3 nitrogen and oxygen atoms in total. The van der Waals surface area contributed by atoms with Crippen LogP contribution >= 0.6 is 0 Å². The Balaban J connectivity index is 1.71. The zero-order valence-corrected chi connectivity index (χ0v) is 11.2. The minimum absolute atomic E-state index is 0.768. The van der Waals surface area contributed by atoms with E-state index in [1.165, 1.54) is 56.7 Å². The molecule has 2 N–H and O–H groups in total. The van der Waals surface area contributed by atoms with Gasteiger partial charge in [-0.1, -0.05) is 0 Å². The van der Waals surface area contributed by atoms with E-state index >= 15 is 0 Å². The number of hydrogen-bond donors (Lipinski definition) is 1. The van der Waals surface area contributed by atoms with Crippen molar-refractivity contribution in [1.29, 1.82) is 0 Å². The van der Waals surface area contributed by atoms with Gasteiger partial charge in [-0.25, -0.2) is 0 Å². The molecular weight excluding hydrogens is 222 g/mol. The zero-order valence-electron chi connectivity index (χ0n) is 11.2. The standard InChI is InChI=1S/C15H23N3/c1-12-10-13(16)4-5-15(12)18-9-6-14(11-18)17-7-2-3-8-17/h4-5,10,14H,2-3,6-9,11,16H2,1H3. The summed E-state index contributed by atoms with van der Waals surface area (Å²) in [6.07, 6.45) is 4.08. The summed E-state index contributed by atoms with van der Waals surface area (Å²) >= 11 is 0. The second kappa shape index (κ2) is 4.81. The van der Waals surface area contributed by atoms with Crippen molar-refractivity contribution in [3.05, 3.63) is 23.8 Å². The van der Waals surface area contributed by atoms with Crippen LogP contribution in [0.25, 0.3) is 0 Å². The van der Waals surface area contributed by atoms with E-state index in [4.69, 9.17) is 5.73 Å². The molecule has 1 aromatic carbocycles. The molecule has 18 heavy (non-hydrogen) atoms. The van der Waals surface area contributed by atoms with Gasteiger partial charge in [0.1, 0.15) is 0 Å². The van der Waals surface area contributed by atoms with Gasteiger partial charge in [0, 0.05) is 30.5 Å². The molecule has 98 valence electrons. The first-order valence-corrected chi connectivity index (χ1v) is 7.09. The highest BCUT2D eigenvalue weighted by Crippen LogP contribution is 2.28. The lowest BCUT2D eigenvalue weighted by Gasteiger charge is -2.25. The number of nitrogens with zero attached hydrogens (tertiary/aromatic N) is 2. The number of nitrogens with two attached hydrogens (primary N) is 1. The maximum atomic E-state index is 5.83. The lowest BCUT2D eigenvalue weighted by atomic mass is 10.1. The Kier molecular flexibility index (Phi) is 3.16. The topological polar surface area (TPSA) is 32.5 Å². The Morgan fingerprint density at radius 1 is 1.17 bits per heavy atom. The lowest BCUT2D eigenvalue weighted by molar-refractivity contribution is 0.260. The third-order valence-corrected chi connectivity index (χ3v) is 4.38. The van der Waals surface area contributed by atoms with Crippen molar-refractivity contribution in [3.63, 3.8) is 0 Å². The molecule has 0 bridgehead atoms.